The highest BCUT2D eigenvalue weighted by atomic mass is 32.2. The predicted octanol–water partition coefficient (Wildman–Crippen LogP) is 3.70. The zero-order valence-corrected chi connectivity index (χ0v) is 13.0. The molecule has 0 fully saturated rings. The van der Waals surface area contributed by atoms with Crippen molar-refractivity contribution in [3.05, 3.63) is 35.4 Å². The van der Waals surface area contributed by atoms with Crippen LogP contribution in [0.3, 0.4) is 0 Å². The second-order valence-corrected chi connectivity index (χ2v) is 6.74. The van der Waals surface area contributed by atoms with E-state index in [0.29, 0.717) is 9.47 Å². The Labute approximate surface area is 129 Å². The molecular formula is C13H13F2N3OS2. The topological polar surface area (TPSA) is 54.9 Å². The van der Waals surface area contributed by atoms with Gasteiger partial charge in [-0.25, -0.2) is 8.78 Å². The summed E-state index contributed by atoms with van der Waals surface area (Å²) in [6.07, 6.45) is 0. The lowest BCUT2D eigenvalue weighted by Crippen LogP contribution is -2.17. The molecule has 1 amide bonds. The van der Waals surface area contributed by atoms with Crippen LogP contribution in [0.1, 0.15) is 19.4 Å². The molecule has 1 aromatic carbocycles. The van der Waals surface area contributed by atoms with Gasteiger partial charge in [0, 0.05) is 17.2 Å². The van der Waals surface area contributed by atoms with Crippen LogP contribution in [0.15, 0.2) is 22.5 Å². The third-order valence-corrected chi connectivity index (χ3v) is 4.54. The van der Waals surface area contributed by atoms with E-state index in [0.717, 1.165) is 18.2 Å². The van der Waals surface area contributed by atoms with Gasteiger partial charge in [0.1, 0.15) is 11.6 Å². The van der Waals surface area contributed by atoms with Crippen molar-refractivity contribution in [1.82, 2.24) is 10.2 Å². The van der Waals surface area contributed by atoms with Crippen LogP contribution in [0, 0.1) is 17.6 Å². The quantitative estimate of drug-likeness (QED) is 0.671. The second-order valence-electron chi connectivity index (χ2n) is 4.54. The van der Waals surface area contributed by atoms with E-state index in [2.05, 4.69) is 15.5 Å². The Kier molecular flexibility index (Phi) is 5.24. The highest BCUT2D eigenvalue weighted by molar-refractivity contribution is 8.00. The Bertz CT molecular complexity index is 646. The van der Waals surface area contributed by atoms with Crippen molar-refractivity contribution in [1.29, 1.82) is 0 Å². The van der Waals surface area contributed by atoms with Gasteiger partial charge in [0.15, 0.2) is 4.34 Å². The van der Waals surface area contributed by atoms with Gasteiger partial charge in [-0.1, -0.05) is 36.9 Å². The second kappa shape index (κ2) is 6.95. The molecule has 112 valence electrons. The van der Waals surface area contributed by atoms with Crippen LogP contribution in [0.4, 0.5) is 13.9 Å². The number of carbonyl (C=O) groups excluding carboxylic acids is 1. The summed E-state index contributed by atoms with van der Waals surface area (Å²) in [6, 6.07) is 3.33. The van der Waals surface area contributed by atoms with Gasteiger partial charge in [0.25, 0.3) is 0 Å². The standard InChI is InChI=1S/C13H13F2N3OS2/c1-7(2)11(19)16-12-17-18-13(21-12)20-6-8-5-9(14)3-4-10(8)15/h3-5,7H,6H2,1-2H3,(H,16,17,19). The van der Waals surface area contributed by atoms with Crippen LogP contribution in [0.25, 0.3) is 0 Å². The molecule has 2 aromatic rings. The van der Waals surface area contributed by atoms with Crippen LogP contribution < -0.4 is 5.32 Å². The first-order chi connectivity index (χ1) is 9.95. The fourth-order valence-electron chi connectivity index (χ4n) is 1.36. The molecular weight excluding hydrogens is 316 g/mol. The SMILES string of the molecule is CC(C)C(=O)Nc1nnc(SCc2cc(F)ccc2F)s1. The molecule has 1 aromatic heterocycles. The maximum atomic E-state index is 13.5. The number of aromatic nitrogens is 2. The summed E-state index contributed by atoms with van der Waals surface area (Å²) < 4.78 is 27.1. The lowest BCUT2D eigenvalue weighted by Gasteiger charge is -2.02. The number of hydrogen-bond acceptors (Lipinski definition) is 5. The third kappa shape index (κ3) is 4.47. The molecule has 0 bridgehead atoms. The van der Waals surface area contributed by atoms with E-state index in [9.17, 15) is 13.6 Å². The number of amides is 1. The molecule has 0 aliphatic carbocycles. The summed E-state index contributed by atoms with van der Waals surface area (Å²) >= 11 is 2.44. The number of rotatable bonds is 5. The van der Waals surface area contributed by atoms with Crippen molar-refractivity contribution in [2.24, 2.45) is 5.92 Å². The minimum absolute atomic E-state index is 0.140. The number of benzene rings is 1. The highest BCUT2D eigenvalue weighted by Gasteiger charge is 2.12. The first kappa shape index (κ1) is 15.8. The molecule has 0 radical (unpaired) electrons. The Morgan fingerprint density at radius 2 is 2.14 bits per heavy atom. The lowest BCUT2D eigenvalue weighted by molar-refractivity contribution is -0.118. The minimum Gasteiger partial charge on any atom is -0.300 e. The largest absolute Gasteiger partial charge is 0.300 e. The zero-order valence-electron chi connectivity index (χ0n) is 11.4. The fourth-order valence-corrected chi connectivity index (χ4v) is 3.09. The smallest absolute Gasteiger partial charge is 0.228 e. The molecule has 2 rings (SSSR count). The molecule has 0 saturated carbocycles. The van der Waals surface area contributed by atoms with Crippen LogP contribution >= 0.6 is 23.1 Å². The molecule has 0 aliphatic heterocycles. The number of carbonyl (C=O) groups is 1. The van der Waals surface area contributed by atoms with E-state index in [1.165, 1.54) is 23.1 Å². The summed E-state index contributed by atoms with van der Waals surface area (Å²) in [5.74, 6) is -0.975. The minimum atomic E-state index is -0.478. The average molecular weight is 329 g/mol. The summed E-state index contributed by atoms with van der Waals surface area (Å²) in [5.41, 5.74) is 0.267. The Morgan fingerprint density at radius 3 is 2.86 bits per heavy atom. The van der Waals surface area contributed by atoms with E-state index in [1.54, 1.807) is 13.8 Å². The zero-order chi connectivity index (χ0) is 15.4. The van der Waals surface area contributed by atoms with Gasteiger partial charge in [-0.05, 0) is 18.2 Å². The van der Waals surface area contributed by atoms with Crippen LogP contribution in [-0.2, 0) is 10.5 Å². The Balaban J connectivity index is 1.97. The molecule has 0 aliphatic rings. The normalized spacial score (nSPS) is 10.9. The fraction of sp³-hybridized carbons (Fsp3) is 0.308. The molecule has 21 heavy (non-hydrogen) atoms. The van der Waals surface area contributed by atoms with Crippen molar-refractivity contribution in [2.45, 2.75) is 23.9 Å². The molecule has 1 N–H and O–H groups in total. The van der Waals surface area contributed by atoms with E-state index in [4.69, 9.17) is 0 Å². The number of anilines is 1. The molecule has 1 heterocycles. The maximum absolute atomic E-state index is 13.5. The van der Waals surface area contributed by atoms with Crippen LogP contribution in [-0.4, -0.2) is 16.1 Å². The number of nitrogens with one attached hydrogen (secondary N) is 1. The van der Waals surface area contributed by atoms with E-state index in [1.807, 2.05) is 0 Å². The summed E-state index contributed by atoms with van der Waals surface area (Å²) in [5, 5.41) is 10.8. The van der Waals surface area contributed by atoms with Crippen molar-refractivity contribution in [3.8, 4) is 0 Å². The van der Waals surface area contributed by atoms with E-state index < -0.39 is 11.6 Å². The van der Waals surface area contributed by atoms with Crippen LogP contribution in [0.2, 0.25) is 0 Å². The van der Waals surface area contributed by atoms with Gasteiger partial charge in [0.05, 0.1) is 0 Å². The molecule has 8 heteroatoms. The van der Waals surface area contributed by atoms with Gasteiger partial charge in [-0.3, -0.25) is 4.79 Å². The van der Waals surface area contributed by atoms with Crippen molar-refractivity contribution in [3.63, 3.8) is 0 Å². The number of nitrogens with zero attached hydrogens (tertiary/aromatic N) is 2. The lowest BCUT2D eigenvalue weighted by atomic mass is 10.2. The first-order valence-corrected chi connectivity index (χ1v) is 7.97. The summed E-state index contributed by atoms with van der Waals surface area (Å²) in [6.45, 7) is 3.55. The van der Waals surface area contributed by atoms with Gasteiger partial charge in [-0.15, -0.1) is 10.2 Å². The highest BCUT2D eigenvalue weighted by Crippen LogP contribution is 2.29. The van der Waals surface area contributed by atoms with E-state index in [-0.39, 0.29) is 23.1 Å². The molecule has 4 nitrogen and oxygen atoms in total. The molecule has 0 spiro atoms. The molecule has 0 atom stereocenters. The molecule has 0 unspecified atom stereocenters. The van der Waals surface area contributed by atoms with Crippen molar-refractivity contribution < 1.29 is 13.6 Å². The third-order valence-electron chi connectivity index (χ3n) is 2.52. The maximum Gasteiger partial charge on any atom is 0.228 e. The van der Waals surface area contributed by atoms with Crippen molar-refractivity contribution >= 4 is 34.1 Å². The molecule has 0 saturated heterocycles. The number of thioether (sulfide) groups is 1. The van der Waals surface area contributed by atoms with Crippen molar-refractivity contribution in [2.75, 3.05) is 5.32 Å². The Morgan fingerprint density at radius 1 is 1.38 bits per heavy atom. The number of halogens is 2. The van der Waals surface area contributed by atoms with Gasteiger partial charge in [-0.2, -0.15) is 0 Å². The average Bonchev–Trinajstić information content (AvgIpc) is 2.87. The summed E-state index contributed by atoms with van der Waals surface area (Å²) in [4.78, 5) is 11.5. The van der Waals surface area contributed by atoms with E-state index >= 15 is 0 Å². The van der Waals surface area contributed by atoms with Gasteiger partial charge in [0.2, 0.25) is 11.0 Å². The van der Waals surface area contributed by atoms with Gasteiger partial charge >= 0.3 is 0 Å². The predicted molar refractivity (Wildman–Crippen MR) is 79.3 cm³/mol. The van der Waals surface area contributed by atoms with Crippen LogP contribution in [0.5, 0.6) is 0 Å². The number of hydrogen-bond donors (Lipinski definition) is 1. The first-order valence-electron chi connectivity index (χ1n) is 6.17. The summed E-state index contributed by atoms with van der Waals surface area (Å²) in [7, 11) is 0. The van der Waals surface area contributed by atoms with Gasteiger partial charge < -0.3 is 5.32 Å². The monoisotopic (exact) mass is 329 g/mol. The Hall–Kier alpha value is -1.54.